The Balaban J connectivity index is 2.61. The maximum absolute atomic E-state index is 13.8. The van der Waals surface area contributed by atoms with Crippen LogP contribution in [0.15, 0.2) is 16.6 Å². The molecule has 1 nitrogen and oxygen atoms in total. The first-order valence-electron chi connectivity index (χ1n) is 6.27. The van der Waals surface area contributed by atoms with Crippen molar-refractivity contribution < 1.29 is 8.78 Å². The van der Waals surface area contributed by atoms with E-state index in [1.54, 1.807) is 0 Å². The molecule has 1 aromatic carbocycles. The van der Waals surface area contributed by atoms with Crippen molar-refractivity contribution in [2.24, 2.45) is 5.92 Å². The summed E-state index contributed by atoms with van der Waals surface area (Å²) in [6, 6.07) is 2.71. The third kappa shape index (κ3) is 4.32. The van der Waals surface area contributed by atoms with E-state index in [1.807, 2.05) is 6.92 Å². The van der Waals surface area contributed by atoms with Gasteiger partial charge in [-0.15, -0.1) is 0 Å². The molecule has 1 unspecified atom stereocenters. The van der Waals surface area contributed by atoms with Gasteiger partial charge in [0.05, 0.1) is 4.47 Å². The third-order valence-corrected chi connectivity index (χ3v) is 3.49. The Labute approximate surface area is 116 Å². The van der Waals surface area contributed by atoms with Crippen LogP contribution in [0.2, 0.25) is 0 Å². The summed E-state index contributed by atoms with van der Waals surface area (Å²) in [5.41, 5.74) is 0.177. The number of rotatable bonds is 6. The average Bonchev–Trinajstić information content (AvgIpc) is 2.30. The molecule has 4 heteroatoms. The highest BCUT2D eigenvalue weighted by Gasteiger charge is 2.18. The van der Waals surface area contributed by atoms with Gasteiger partial charge in [0.25, 0.3) is 0 Å². The van der Waals surface area contributed by atoms with E-state index in [0.29, 0.717) is 10.4 Å². The van der Waals surface area contributed by atoms with Gasteiger partial charge in [-0.2, -0.15) is 0 Å². The van der Waals surface area contributed by atoms with E-state index < -0.39 is 11.6 Å². The number of nitrogens with one attached hydrogen (secondary N) is 1. The molecule has 1 N–H and O–H groups in total. The highest BCUT2D eigenvalue weighted by atomic mass is 79.9. The maximum Gasteiger partial charge on any atom is 0.143 e. The lowest BCUT2D eigenvalue weighted by Gasteiger charge is -2.15. The lowest BCUT2D eigenvalue weighted by molar-refractivity contribution is 0.491. The molecule has 18 heavy (non-hydrogen) atoms. The van der Waals surface area contributed by atoms with Gasteiger partial charge in [0.2, 0.25) is 0 Å². The first-order chi connectivity index (χ1) is 8.43. The predicted molar refractivity (Wildman–Crippen MR) is 74.8 cm³/mol. The summed E-state index contributed by atoms with van der Waals surface area (Å²) in [7, 11) is 0. The van der Waals surface area contributed by atoms with E-state index in [9.17, 15) is 8.78 Å². The standard InChI is InChI=1S/C14H20BrF2N/c1-9(2)8-18-7-6-10(3)13-12(16)5-4-11(15)14(13)17/h4-5,9-10,18H,6-8H2,1-3H3. The van der Waals surface area contributed by atoms with Crippen molar-refractivity contribution in [1.82, 2.24) is 5.32 Å². The highest BCUT2D eigenvalue weighted by molar-refractivity contribution is 9.10. The Morgan fingerprint density at radius 2 is 1.89 bits per heavy atom. The first-order valence-corrected chi connectivity index (χ1v) is 7.06. The van der Waals surface area contributed by atoms with Gasteiger partial charge in [0.15, 0.2) is 0 Å². The summed E-state index contributed by atoms with van der Waals surface area (Å²) in [5, 5.41) is 3.28. The largest absolute Gasteiger partial charge is 0.316 e. The molecule has 0 amide bonds. The summed E-state index contributed by atoms with van der Waals surface area (Å²) in [6.45, 7) is 7.81. The van der Waals surface area contributed by atoms with Crippen LogP contribution in [0.25, 0.3) is 0 Å². The van der Waals surface area contributed by atoms with E-state index in [4.69, 9.17) is 0 Å². The van der Waals surface area contributed by atoms with Crippen molar-refractivity contribution in [3.8, 4) is 0 Å². The van der Waals surface area contributed by atoms with Gasteiger partial charge in [-0.25, -0.2) is 8.78 Å². The molecule has 0 aromatic heterocycles. The topological polar surface area (TPSA) is 12.0 Å². The molecular formula is C14H20BrF2N. The van der Waals surface area contributed by atoms with Gasteiger partial charge in [-0.3, -0.25) is 0 Å². The summed E-state index contributed by atoms with van der Waals surface area (Å²) in [6.07, 6.45) is 0.719. The van der Waals surface area contributed by atoms with E-state index in [0.717, 1.165) is 19.5 Å². The van der Waals surface area contributed by atoms with Gasteiger partial charge >= 0.3 is 0 Å². The lowest BCUT2D eigenvalue weighted by atomic mass is 9.96. The zero-order chi connectivity index (χ0) is 13.7. The zero-order valence-corrected chi connectivity index (χ0v) is 12.7. The summed E-state index contributed by atoms with van der Waals surface area (Å²) in [5.74, 6) is -0.500. The van der Waals surface area contributed by atoms with Gasteiger partial charge in [0.1, 0.15) is 11.6 Å². The van der Waals surface area contributed by atoms with Crippen molar-refractivity contribution in [1.29, 1.82) is 0 Å². The second-order valence-electron chi connectivity index (χ2n) is 5.04. The second kappa shape index (κ2) is 7.19. The molecule has 0 radical (unpaired) electrons. The summed E-state index contributed by atoms with van der Waals surface area (Å²) < 4.78 is 27.8. The number of hydrogen-bond donors (Lipinski definition) is 1. The van der Waals surface area contributed by atoms with Crippen LogP contribution in [-0.4, -0.2) is 13.1 Å². The van der Waals surface area contributed by atoms with Crippen LogP contribution in [0.5, 0.6) is 0 Å². The minimum atomic E-state index is -0.480. The quantitative estimate of drug-likeness (QED) is 0.602. The Morgan fingerprint density at radius 1 is 1.22 bits per heavy atom. The fraction of sp³-hybridized carbons (Fsp3) is 0.571. The molecule has 1 atom stereocenters. The maximum atomic E-state index is 13.8. The third-order valence-electron chi connectivity index (χ3n) is 2.88. The Kier molecular flexibility index (Phi) is 6.22. The molecule has 1 aromatic rings. The van der Waals surface area contributed by atoms with Crippen LogP contribution < -0.4 is 5.32 Å². The molecule has 102 valence electrons. The normalized spacial score (nSPS) is 13.1. The van der Waals surface area contributed by atoms with Crippen LogP contribution in [0, 0.1) is 17.6 Å². The fourth-order valence-corrected chi connectivity index (χ4v) is 2.19. The van der Waals surface area contributed by atoms with Gasteiger partial charge in [-0.1, -0.05) is 20.8 Å². The fourth-order valence-electron chi connectivity index (χ4n) is 1.85. The molecule has 0 saturated heterocycles. The second-order valence-corrected chi connectivity index (χ2v) is 5.90. The lowest BCUT2D eigenvalue weighted by Crippen LogP contribution is -2.22. The van der Waals surface area contributed by atoms with E-state index in [1.165, 1.54) is 12.1 Å². The molecule has 0 aliphatic heterocycles. The van der Waals surface area contributed by atoms with Gasteiger partial charge < -0.3 is 5.32 Å². The van der Waals surface area contributed by atoms with Crippen molar-refractivity contribution in [2.75, 3.05) is 13.1 Å². The number of halogens is 3. The van der Waals surface area contributed by atoms with Crippen molar-refractivity contribution >= 4 is 15.9 Å². The molecule has 0 bridgehead atoms. The Hall–Kier alpha value is -0.480. The monoisotopic (exact) mass is 319 g/mol. The molecule has 0 aliphatic rings. The predicted octanol–water partition coefficient (Wildman–Crippen LogP) is 4.47. The zero-order valence-electron chi connectivity index (χ0n) is 11.1. The van der Waals surface area contributed by atoms with Crippen molar-refractivity contribution in [3.05, 3.63) is 33.8 Å². The van der Waals surface area contributed by atoms with Gasteiger partial charge in [-0.05, 0) is 59.4 Å². The van der Waals surface area contributed by atoms with Crippen LogP contribution in [0.3, 0.4) is 0 Å². The molecule has 1 rings (SSSR count). The van der Waals surface area contributed by atoms with E-state index >= 15 is 0 Å². The average molecular weight is 320 g/mol. The van der Waals surface area contributed by atoms with E-state index in [2.05, 4.69) is 35.1 Å². The smallest absolute Gasteiger partial charge is 0.143 e. The molecular weight excluding hydrogens is 300 g/mol. The minimum absolute atomic E-state index is 0.137. The van der Waals surface area contributed by atoms with E-state index in [-0.39, 0.29) is 11.5 Å². The molecule has 0 saturated carbocycles. The summed E-state index contributed by atoms with van der Waals surface area (Å²) in [4.78, 5) is 0. The molecule has 0 fully saturated rings. The Bertz CT molecular complexity index is 394. The van der Waals surface area contributed by atoms with Crippen LogP contribution in [0.1, 0.15) is 38.7 Å². The van der Waals surface area contributed by atoms with Crippen molar-refractivity contribution in [2.45, 2.75) is 33.1 Å². The minimum Gasteiger partial charge on any atom is -0.316 e. The highest BCUT2D eigenvalue weighted by Crippen LogP contribution is 2.29. The number of benzene rings is 1. The molecule has 0 spiro atoms. The van der Waals surface area contributed by atoms with Crippen LogP contribution in [0.4, 0.5) is 8.78 Å². The van der Waals surface area contributed by atoms with Crippen LogP contribution >= 0.6 is 15.9 Å². The number of hydrogen-bond acceptors (Lipinski definition) is 1. The first kappa shape index (κ1) is 15.6. The Morgan fingerprint density at radius 3 is 2.50 bits per heavy atom. The van der Waals surface area contributed by atoms with Crippen molar-refractivity contribution in [3.63, 3.8) is 0 Å². The molecule has 0 heterocycles. The summed E-state index contributed by atoms with van der Waals surface area (Å²) >= 11 is 3.09. The molecule has 0 aliphatic carbocycles. The van der Waals surface area contributed by atoms with Crippen LogP contribution in [-0.2, 0) is 0 Å². The van der Waals surface area contributed by atoms with Gasteiger partial charge in [0, 0.05) is 5.56 Å². The SMILES string of the molecule is CC(C)CNCCC(C)c1c(F)ccc(Br)c1F.